The number of rotatable bonds is 4. The van der Waals surface area contributed by atoms with Crippen LogP contribution in [-0.2, 0) is 4.79 Å². The molecule has 9 atom stereocenters. The van der Waals surface area contributed by atoms with Crippen molar-refractivity contribution < 1.29 is 4.79 Å². The highest BCUT2D eigenvalue weighted by Crippen LogP contribution is 2.68. The van der Waals surface area contributed by atoms with Crippen molar-refractivity contribution in [2.24, 2.45) is 52.1 Å². The lowest BCUT2D eigenvalue weighted by atomic mass is 9.44. The van der Waals surface area contributed by atoms with Crippen molar-refractivity contribution in [3.63, 3.8) is 0 Å². The molecule has 0 bridgehead atoms. The smallest absolute Gasteiger partial charge is 0.222 e. The van der Waals surface area contributed by atoms with Gasteiger partial charge in [-0.05, 0) is 111 Å². The molecular weight excluding hydrogens is 356 g/mol. The standard InChI is InChI=1S/C26H46N2O/c1-17(6-11-24(29)28(4)5)21-9-10-22-20-8-7-18-16-19(27)12-14-25(18,2)23(20)13-15-26(21,22)3/h17-23H,6-16,27H2,1-5H3/t17-,18-,19+,20+,21-,22+,23+,25+,26-/m1/s1. The Bertz CT molecular complexity index is 618. The Hall–Kier alpha value is -0.570. The van der Waals surface area contributed by atoms with Crippen LogP contribution < -0.4 is 5.73 Å². The average molecular weight is 403 g/mol. The van der Waals surface area contributed by atoms with Crippen LogP contribution in [0.3, 0.4) is 0 Å². The SMILES string of the molecule is C[C@H](CCC(=O)N(C)C)[C@H]1CC[C@H]2[C@@H]3CC[C@@H]4C[C@@H](N)CC[C@]4(C)[C@H]3CC[C@]12C. The molecule has 4 rings (SSSR count). The third-order valence-corrected chi connectivity index (χ3v) is 10.8. The summed E-state index contributed by atoms with van der Waals surface area (Å²) < 4.78 is 0. The number of fused-ring (bicyclic) bond motifs is 5. The van der Waals surface area contributed by atoms with Crippen molar-refractivity contribution in [1.29, 1.82) is 0 Å². The summed E-state index contributed by atoms with van der Waals surface area (Å²) in [6.07, 6.45) is 14.3. The van der Waals surface area contributed by atoms with Gasteiger partial charge in [-0.15, -0.1) is 0 Å². The number of carbonyl (C=O) groups excluding carboxylic acids is 1. The molecule has 4 aliphatic carbocycles. The molecule has 3 heteroatoms. The third-order valence-electron chi connectivity index (χ3n) is 10.8. The summed E-state index contributed by atoms with van der Waals surface area (Å²) in [6, 6.07) is 0.458. The molecule has 3 nitrogen and oxygen atoms in total. The fourth-order valence-corrected chi connectivity index (χ4v) is 9.04. The van der Waals surface area contributed by atoms with Crippen molar-refractivity contribution in [1.82, 2.24) is 4.90 Å². The minimum absolute atomic E-state index is 0.294. The summed E-state index contributed by atoms with van der Waals surface area (Å²) in [5.74, 6) is 5.47. The maximum atomic E-state index is 12.1. The van der Waals surface area contributed by atoms with Gasteiger partial charge >= 0.3 is 0 Å². The lowest BCUT2D eigenvalue weighted by Crippen LogP contribution is -2.54. The van der Waals surface area contributed by atoms with Crippen LogP contribution in [0.1, 0.15) is 91.4 Å². The zero-order chi connectivity index (χ0) is 21.0. The molecule has 29 heavy (non-hydrogen) atoms. The van der Waals surface area contributed by atoms with Crippen LogP contribution in [0.4, 0.5) is 0 Å². The molecule has 0 radical (unpaired) electrons. The van der Waals surface area contributed by atoms with Crippen molar-refractivity contribution in [3.05, 3.63) is 0 Å². The van der Waals surface area contributed by atoms with Crippen molar-refractivity contribution in [2.75, 3.05) is 14.1 Å². The number of amides is 1. The molecule has 0 aromatic heterocycles. The van der Waals surface area contributed by atoms with E-state index in [1.165, 1.54) is 57.8 Å². The van der Waals surface area contributed by atoms with E-state index in [0.717, 1.165) is 42.4 Å². The van der Waals surface area contributed by atoms with Crippen LogP contribution in [-0.4, -0.2) is 30.9 Å². The van der Waals surface area contributed by atoms with E-state index in [9.17, 15) is 4.79 Å². The molecule has 0 saturated heterocycles. The summed E-state index contributed by atoms with van der Waals surface area (Å²) >= 11 is 0. The Morgan fingerprint density at radius 1 is 1.00 bits per heavy atom. The van der Waals surface area contributed by atoms with E-state index in [4.69, 9.17) is 5.73 Å². The fourth-order valence-electron chi connectivity index (χ4n) is 9.04. The molecule has 166 valence electrons. The molecule has 0 unspecified atom stereocenters. The van der Waals surface area contributed by atoms with Gasteiger partial charge in [-0.3, -0.25) is 4.79 Å². The predicted octanol–water partition coefficient (Wildman–Crippen LogP) is 5.48. The van der Waals surface area contributed by atoms with Crippen molar-refractivity contribution in [3.8, 4) is 0 Å². The molecule has 1 amide bonds. The first kappa shape index (κ1) is 21.7. The highest BCUT2D eigenvalue weighted by molar-refractivity contribution is 5.75. The molecule has 0 aromatic carbocycles. The monoisotopic (exact) mass is 402 g/mol. The van der Waals surface area contributed by atoms with Crippen LogP contribution in [0.25, 0.3) is 0 Å². The van der Waals surface area contributed by atoms with Crippen LogP contribution in [0.5, 0.6) is 0 Å². The van der Waals surface area contributed by atoms with E-state index < -0.39 is 0 Å². The summed E-state index contributed by atoms with van der Waals surface area (Å²) in [6.45, 7) is 7.72. The topological polar surface area (TPSA) is 46.3 Å². The number of carbonyl (C=O) groups is 1. The third kappa shape index (κ3) is 3.58. The van der Waals surface area contributed by atoms with Crippen LogP contribution in [0, 0.1) is 46.3 Å². The second-order valence-electron chi connectivity index (χ2n) is 12.2. The first-order chi connectivity index (χ1) is 13.7. The maximum absolute atomic E-state index is 12.1. The minimum Gasteiger partial charge on any atom is -0.349 e. The fraction of sp³-hybridized carbons (Fsp3) is 0.962. The van der Waals surface area contributed by atoms with E-state index in [0.29, 0.717) is 28.7 Å². The van der Waals surface area contributed by atoms with Gasteiger partial charge in [0.2, 0.25) is 5.91 Å². The van der Waals surface area contributed by atoms with Gasteiger partial charge in [-0.1, -0.05) is 20.8 Å². The molecule has 4 saturated carbocycles. The van der Waals surface area contributed by atoms with E-state index in [1.54, 1.807) is 4.90 Å². The van der Waals surface area contributed by atoms with Gasteiger partial charge in [-0.2, -0.15) is 0 Å². The Balaban J connectivity index is 1.46. The van der Waals surface area contributed by atoms with Gasteiger partial charge in [0.1, 0.15) is 0 Å². The van der Waals surface area contributed by atoms with Crippen LogP contribution in [0.15, 0.2) is 0 Å². The number of hydrogen-bond acceptors (Lipinski definition) is 2. The minimum atomic E-state index is 0.294. The van der Waals surface area contributed by atoms with Crippen molar-refractivity contribution >= 4 is 5.91 Å². The molecule has 2 N–H and O–H groups in total. The van der Waals surface area contributed by atoms with Gasteiger partial charge in [0, 0.05) is 26.6 Å². The zero-order valence-electron chi connectivity index (χ0n) is 19.8. The molecule has 0 heterocycles. The Morgan fingerprint density at radius 3 is 2.41 bits per heavy atom. The average Bonchev–Trinajstić information content (AvgIpc) is 3.03. The van der Waals surface area contributed by atoms with E-state index >= 15 is 0 Å². The van der Waals surface area contributed by atoms with Gasteiger partial charge in [0.25, 0.3) is 0 Å². The Labute approximate surface area is 179 Å². The highest BCUT2D eigenvalue weighted by Gasteiger charge is 2.60. The molecule has 4 fully saturated rings. The van der Waals surface area contributed by atoms with Gasteiger partial charge in [0.05, 0.1) is 0 Å². The lowest BCUT2D eigenvalue weighted by molar-refractivity contribution is -0.129. The number of nitrogens with zero attached hydrogens (tertiary/aromatic N) is 1. The summed E-state index contributed by atoms with van der Waals surface area (Å²) in [5.41, 5.74) is 7.44. The second kappa shape index (κ2) is 7.84. The lowest BCUT2D eigenvalue weighted by Gasteiger charge is -2.61. The van der Waals surface area contributed by atoms with Gasteiger partial charge in [-0.25, -0.2) is 0 Å². The number of hydrogen-bond donors (Lipinski definition) is 1. The van der Waals surface area contributed by atoms with Crippen molar-refractivity contribution in [2.45, 2.75) is 97.4 Å². The van der Waals surface area contributed by atoms with E-state index in [1.807, 2.05) is 14.1 Å². The number of nitrogens with two attached hydrogens (primary N) is 1. The normalized spacial score (nSPS) is 47.7. The van der Waals surface area contributed by atoms with Gasteiger partial charge in [0.15, 0.2) is 0 Å². The largest absolute Gasteiger partial charge is 0.349 e. The van der Waals surface area contributed by atoms with Crippen LogP contribution >= 0.6 is 0 Å². The van der Waals surface area contributed by atoms with E-state index in [2.05, 4.69) is 20.8 Å². The Kier molecular flexibility index (Phi) is 5.86. The molecule has 4 aliphatic rings. The predicted molar refractivity (Wildman–Crippen MR) is 120 cm³/mol. The maximum Gasteiger partial charge on any atom is 0.222 e. The van der Waals surface area contributed by atoms with E-state index in [-0.39, 0.29) is 0 Å². The quantitative estimate of drug-likeness (QED) is 0.677. The second-order valence-corrected chi connectivity index (χ2v) is 12.2. The van der Waals surface area contributed by atoms with Crippen LogP contribution in [0.2, 0.25) is 0 Å². The highest BCUT2D eigenvalue weighted by atomic mass is 16.2. The first-order valence-corrected chi connectivity index (χ1v) is 12.6. The molecule has 0 aliphatic heterocycles. The summed E-state index contributed by atoms with van der Waals surface area (Å²) in [4.78, 5) is 13.9. The Morgan fingerprint density at radius 2 is 1.69 bits per heavy atom. The molecule has 0 spiro atoms. The summed E-state index contributed by atoms with van der Waals surface area (Å²) in [7, 11) is 3.77. The molecule has 0 aromatic rings. The zero-order valence-corrected chi connectivity index (χ0v) is 19.8. The first-order valence-electron chi connectivity index (χ1n) is 12.6. The summed E-state index contributed by atoms with van der Waals surface area (Å²) in [5, 5.41) is 0. The van der Waals surface area contributed by atoms with Gasteiger partial charge < -0.3 is 10.6 Å². The molecular formula is C26H46N2O.